The van der Waals surface area contributed by atoms with Crippen LogP contribution in [0.25, 0.3) is 0 Å². The molecule has 0 unspecified atom stereocenters. The fourth-order valence-corrected chi connectivity index (χ4v) is 2.64. The number of alkyl halides is 3. The van der Waals surface area contributed by atoms with Gasteiger partial charge in [0, 0.05) is 26.4 Å². The number of carbonyl (C=O) groups is 2. The average Bonchev–Trinajstić information content (AvgIpc) is 2.76. The smallest absolute Gasteiger partial charge is 0.351 e. The Morgan fingerprint density at radius 3 is 2.43 bits per heavy atom. The third-order valence-electron chi connectivity index (χ3n) is 4.00. The first kappa shape index (κ1) is 17.3. The van der Waals surface area contributed by atoms with E-state index in [1.807, 2.05) is 0 Å². The van der Waals surface area contributed by atoms with Crippen molar-refractivity contribution in [2.24, 2.45) is 0 Å². The number of carbonyl (C=O) groups excluding carboxylic acids is 2. The highest BCUT2D eigenvalue weighted by Crippen LogP contribution is 2.30. The second-order valence-electron chi connectivity index (χ2n) is 5.97. The lowest BCUT2D eigenvalue weighted by atomic mass is 9.96. The number of likely N-dealkylation sites (tertiary alicyclic amines) is 1. The first-order valence-corrected chi connectivity index (χ1v) is 7.37. The summed E-state index contributed by atoms with van der Waals surface area (Å²) in [5.74, 6) is -0.413. The van der Waals surface area contributed by atoms with Crippen LogP contribution >= 0.6 is 0 Å². The summed E-state index contributed by atoms with van der Waals surface area (Å²) in [5, 5.41) is 2.79. The summed E-state index contributed by atoms with van der Waals surface area (Å²) < 4.78 is 37.6. The zero-order valence-electron chi connectivity index (χ0n) is 13.0. The molecule has 0 spiro atoms. The van der Waals surface area contributed by atoms with E-state index in [0.717, 1.165) is 12.1 Å². The van der Waals surface area contributed by atoms with Crippen molar-refractivity contribution in [2.45, 2.75) is 37.9 Å². The number of benzene rings is 1. The lowest BCUT2D eigenvalue weighted by Gasteiger charge is -2.16. The Hall–Kier alpha value is -2.05. The van der Waals surface area contributed by atoms with Gasteiger partial charge in [0.05, 0.1) is 11.6 Å². The molecule has 23 heavy (non-hydrogen) atoms. The van der Waals surface area contributed by atoms with E-state index < -0.39 is 11.7 Å². The molecular weight excluding hydrogens is 309 g/mol. The zero-order valence-corrected chi connectivity index (χ0v) is 13.0. The highest BCUT2D eigenvalue weighted by atomic mass is 19.4. The van der Waals surface area contributed by atoms with Crippen LogP contribution in [-0.4, -0.2) is 36.3 Å². The van der Waals surface area contributed by atoms with Gasteiger partial charge in [0.1, 0.15) is 0 Å². The molecular formula is C16H19F3N2O2. The Morgan fingerprint density at radius 1 is 1.35 bits per heavy atom. The van der Waals surface area contributed by atoms with Crippen LogP contribution in [0.1, 0.15) is 36.8 Å². The second-order valence-corrected chi connectivity index (χ2v) is 5.97. The van der Waals surface area contributed by atoms with Gasteiger partial charge in [-0.15, -0.1) is 0 Å². The molecule has 1 saturated heterocycles. The van der Waals surface area contributed by atoms with E-state index in [9.17, 15) is 22.8 Å². The Kier molecular flexibility index (Phi) is 4.97. The van der Waals surface area contributed by atoms with Crippen molar-refractivity contribution in [1.82, 2.24) is 10.2 Å². The maximum Gasteiger partial charge on any atom is 0.416 e. The Balaban J connectivity index is 1.90. The van der Waals surface area contributed by atoms with Gasteiger partial charge in [0.2, 0.25) is 11.8 Å². The molecule has 0 saturated carbocycles. The van der Waals surface area contributed by atoms with Crippen LogP contribution in [0.5, 0.6) is 0 Å². The third-order valence-corrected chi connectivity index (χ3v) is 4.00. The lowest BCUT2D eigenvalue weighted by Crippen LogP contribution is -2.36. The van der Waals surface area contributed by atoms with Gasteiger partial charge in [0.25, 0.3) is 0 Å². The summed E-state index contributed by atoms with van der Waals surface area (Å²) in [5.41, 5.74) is -0.0295. The van der Waals surface area contributed by atoms with Gasteiger partial charge in [-0.1, -0.05) is 19.1 Å². The number of likely N-dealkylation sites (N-methyl/N-ethyl adjacent to an activating group) is 1. The Bertz CT molecular complexity index is 584. The highest BCUT2D eigenvalue weighted by Gasteiger charge is 2.30. The molecule has 1 aromatic rings. The number of hydrogen-bond donors (Lipinski definition) is 1. The van der Waals surface area contributed by atoms with E-state index in [0.29, 0.717) is 12.1 Å². The maximum atomic E-state index is 12.5. The number of hydrogen-bond acceptors (Lipinski definition) is 2. The molecule has 1 aromatic carbocycles. The summed E-state index contributed by atoms with van der Waals surface area (Å²) in [4.78, 5) is 25.0. The largest absolute Gasteiger partial charge is 0.416 e. The molecule has 2 amide bonds. The van der Waals surface area contributed by atoms with Gasteiger partial charge >= 0.3 is 6.18 Å². The van der Waals surface area contributed by atoms with Gasteiger partial charge in [-0.05, 0) is 23.6 Å². The van der Waals surface area contributed by atoms with E-state index >= 15 is 0 Å². The van der Waals surface area contributed by atoms with Crippen molar-refractivity contribution in [3.8, 4) is 0 Å². The summed E-state index contributed by atoms with van der Waals surface area (Å²) >= 11 is 0. The van der Waals surface area contributed by atoms with Gasteiger partial charge in [-0.3, -0.25) is 9.59 Å². The molecule has 0 bridgehead atoms. The molecule has 1 N–H and O–H groups in total. The van der Waals surface area contributed by atoms with Crippen molar-refractivity contribution in [3.63, 3.8) is 0 Å². The Morgan fingerprint density at radius 2 is 1.96 bits per heavy atom. The van der Waals surface area contributed by atoms with E-state index in [4.69, 9.17) is 0 Å². The van der Waals surface area contributed by atoms with Gasteiger partial charge < -0.3 is 10.2 Å². The number of halogens is 3. The summed E-state index contributed by atoms with van der Waals surface area (Å²) in [6.45, 7) is 2.27. The molecule has 1 aliphatic heterocycles. The quantitative estimate of drug-likeness (QED) is 0.923. The average molecular weight is 328 g/mol. The number of nitrogens with one attached hydrogen (secondary N) is 1. The van der Waals surface area contributed by atoms with Crippen LogP contribution in [0, 0.1) is 0 Å². The minimum Gasteiger partial charge on any atom is -0.351 e. The molecule has 126 valence electrons. The molecule has 2 atom stereocenters. The molecule has 1 fully saturated rings. The molecule has 0 radical (unpaired) electrons. The van der Waals surface area contributed by atoms with Crippen molar-refractivity contribution in [1.29, 1.82) is 0 Å². The first-order valence-electron chi connectivity index (χ1n) is 7.37. The maximum absolute atomic E-state index is 12.5. The Labute approximate surface area is 132 Å². The monoisotopic (exact) mass is 328 g/mol. The predicted molar refractivity (Wildman–Crippen MR) is 78.7 cm³/mol. The van der Waals surface area contributed by atoms with Crippen LogP contribution < -0.4 is 5.32 Å². The molecule has 1 heterocycles. The van der Waals surface area contributed by atoms with Gasteiger partial charge in [-0.25, -0.2) is 0 Å². The van der Waals surface area contributed by atoms with Crippen LogP contribution in [-0.2, 0) is 15.8 Å². The SMILES string of the molecule is C[C@H](CC(=O)N[C@@H]1CC(=O)N(C)C1)c1ccc(C(F)(F)F)cc1. The summed E-state index contributed by atoms with van der Waals surface area (Å²) in [7, 11) is 1.68. The van der Waals surface area contributed by atoms with Crippen LogP contribution in [0.3, 0.4) is 0 Å². The van der Waals surface area contributed by atoms with Crippen LogP contribution in [0.4, 0.5) is 13.2 Å². The standard InChI is InChI=1S/C16H19F3N2O2/c1-10(11-3-5-12(6-4-11)16(17,18)19)7-14(22)20-13-8-15(23)21(2)9-13/h3-6,10,13H,7-9H2,1-2H3,(H,20,22)/t10-,13-/m1/s1. The highest BCUT2D eigenvalue weighted by molar-refractivity contribution is 5.82. The van der Waals surface area contributed by atoms with Crippen molar-refractivity contribution in [2.75, 3.05) is 13.6 Å². The number of rotatable bonds is 4. The predicted octanol–water partition coefficient (Wildman–Crippen LogP) is 2.55. The molecule has 0 aliphatic carbocycles. The number of amides is 2. The molecule has 4 nitrogen and oxygen atoms in total. The topological polar surface area (TPSA) is 49.4 Å². The van der Waals surface area contributed by atoms with Crippen molar-refractivity contribution >= 4 is 11.8 Å². The third kappa shape index (κ3) is 4.46. The molecule has 0 aromatic heterocycles. The minimum absolute atomic E-state index is 0.00825. The van der Waals surface area contributed by atoms with Crippen molar-refractivity contribution in [3.05, 3.63) is 35.4 Å². The van der Waals surface area contributed by atoms with Crippen LogP contribution in [0.15, 0.2) is 24.3 Å². The van der Waals surface area contributed by atoms with E-state index in [1.165, 1.54) is 12.1 Å². The minimum atomic E-state index is -4.36. The molecule has 7 heteroatoms. The normalized spacial score (nSPS) is 19.8. The first-order chi connectivity index (χ1) is 10.7. The lowest BCUT2D eigenvalue weighted by molar-refractivity contribution is -0.137. The van der Waals surface area contributed by atoms with E-state index in [2.05, 4.69) is 5.32 Å². The van der Waals surface area contributed by atoms with E-state index in [-0.39, 0.29) is 36.6 Å². The van der Waals surface area contributed by atoms with E-state index in [1.54, 1.807) is 18.9 Å². The second kappa shape index (κ2) is 6.60. The fourth-order valence-electron chi connectivity index (χ4n) is 2.64. The van der Waals surface area contributed by atoms with Gasteiger partial charge in [-0.2, -0.15) is 13.2 Å². The summed E-state index contributed by atoms with van der Waals surface area (Å²) in [6, 6.07) is 4.64. The number of nitrogens with zero attached hydrogens (tertiary/aromatic N) is 1. The van der Waals surface area contributed by atoms with Crippen molar-refractivity contribution < 1.29 is 22.8 Å². The van der Waals surface area contributed by atoms with Crippen LogP contribution in [0.2, 0.25) is 0 Å². The fraction of sp³-hybridized carbons (Fsp3) is 0.500. The molecule has 2 rings (SSSR count). The molecule has 1 aliphatic rings. The van der Waals surface area contributed by atoms with Gasteiger partial charge in [0.15, 0.2) is 0 Å². The zero-order chi connectivity index (χ0) is 17.2. The summed E-state index contributed by atoms with van der Waals surface area (Å²) in [6.07, 6.45) is -3.91.